The molecule has 0 N–H and O–H groups in total. The topological polar surface area (TPSA) is 0 Å². The fraction of sp³-hybridized carbons (Fsp3) is 1.00. The van der Waals surface area contributed by atoms with Crippen molar-refractivity contribution in [3.63, 3.8) is 0 Å². The van der Waals surface area contributed by atoms with Crippen molar-refractivity contribution in [1.29, 1.82) is 0 Å². The molecule has 0 nitrogen and oxygen atoms in total. The third kappa shape index (κ3) is 1.64. The van der Waals surface area contributed by atoms with E-state index in [-0.39, 0.29) is 4.33 Å². The van der Waals surface area contributed by atoms with Crippen LogP contribution in [0.3, 0.4) is 0 Å². The zero-order valence-corrected chi connectivity index (χ0v) is 8.00. The van der Waals surface area contributed by atoms with Gasteiger partial charge in [-0.3, -0.25) is 0 Å². The number of hydrogen-bond acceptors (Lipinski definition) is 0. The Bertz CT molecular complexity index is 92.4. The van der Waals surface area contributed by atoms with Crippen LogP contribution in [0.2, 0.25) is 0 Å². The van der Waals surface area contributed by atoms with Gasteiger partial charge in [0.2, 0.25) is 0 Å². The van der Waals surface area contributed by atoms with Crippen LogP contribution in [0.5, 0.6) is 0 Å². The van der Waals surface area contributed by atoms with E-state index in [9.17, 15) is 0 Å². The molecule has 0 aromatic rings. The summed E-state index contributed by atoms with van der Waals surface area (Å²) in [7, 11) is 0. The van der Waals surface area contributed by atoms with E-state index in [1.807, 2.05) is 0 Å². The van der Waals surface area contributed by atoms with Gasteiger partial charge < -0.3 is 0 Å². The Morgan fingerprint density at radius 2 is 2.12 bits per heavy atom. The number of rotatable bonds is 2. The predicted octanol–water partition coefficient (Wildman–Crippen LogP) is 3.01. The Balaban J connectivity index is 2.17. The Morgan fingerprint density at radius 3 is 2.25 bits per heavy atom. The van der Waals surface area contributed by atoms with Gasteiger partial charge in [-0.05, 0) is 23.2 Å². The standard InChI is InChI=1S/C5H7Cl2I/c6-5(7)3-4(5)1-2-8/h4H,1-3H2/t4-/m1/s1. The minimum absolute atomic E-state index is 0.342. The first kappa shape index (κ1) is 7.42. The maximum Gasteiger partial charge on any atom is 0.121 e. The van der Waals surface area contributed by atoms with Crippen LogP contribution in [0.25, 0.3) is 0 Å². The van der Waals surface area contributed by atoms with E-state index >= 15 is 0 Å². The van der Waals surface area contributed by atoms with Crippen molar-refractivity contribution in [3.8, 4) is 0 Å². The molecule has 0 unspecified atom stereocenters. The lowest BCUT2D eigenvalue weighted by atomic mass is 10.3. The highest BCUT2D eigenvalue weighted by Gasteiger charge is 2.50. The monoisotopic (exact) mass is 264 g/mol. The van der Waals surface area contributed by atoms with E-state index in [4.69, 9.17) is 23.2 Å². The van der Waals surface area contributed by atoms with Gasteiger partial charge in [0, 0.05) is 0 Å². The minimum Gasteiger partial charge on any atom is -0.101 e. The molecule has 0 saturated heterocycles. The van der Waals surface area contributed by atoms with Gasteiger partial charge in [0.25, 0.3) is 0 Å². The molecule has 0 radical (unpaired) electrons. The van der Waals surface area contributed by atoms with Gasteiger partial charge in [-0.15, -0.1) is 23.2 Å². The Hall–Kier alpha value is 1.31. The van der Waals surface area contributed by atoms with Crippen LogP contribution in [0, 0.1) is 5.92 Å². The second kappa shape index (κ2) is 2.51. The molecular weight excluding hydrogens is 258 g/mol. The van der Waals surface area contributed by atoms with Crippen molar-refractivity contribution in [1.82, 2.24) is 0 Å². The van der Waals surface area contributed by atoms with Crippen LogP contribution in [0.1, 0.15) is 12.8 Å². The number of alkyl halides is 3. The van der Waals surface area contributed by atoms with Crippen molar-refractivity contribution < 1.29 is 0 Å². The lowest BCUT2D eigenvalue weighted by molar-refractivity contribution is 0.806. The maximum atomic E-state index is 5.75. The predicted molar refractivity (Wildman–Crippen MR) is 46.0 cm³/mol. The van der Waals surface area contributed by atoms with Crippen LogP contribution in [0.4, 0.5) is 0 Å². The Morgan fingerprint density at radius 1 is 1.62 bits per heavy atom. The Kier molecular flexibility index (Phi) is 2.32. The molecule has 0 aromatic heterocycles. The smallest absolute Gasteiger partial charge is 0.101 e. The molecule has 1 aliphatic carbocycles. The van der Waals surface area contributed by atoms with E-state index in [2.05, 4.69) is 22.6 Å². The largest absolute Gasteiger partial charge is 0.121 e. The summed E-state index contributed by atoms with van der Waals surface area (Å²) < 4.78 is 0.828. The summed E-state index contributed by atoms with van der Waals surface area (Å²) in [6.07, 6.45) is 2.17. The molecule has 0 aliphatic heterocycles. The molecule has 1 rings (SSSR count). The highest BCUT2D eigenvalue weighted by molar-refractivity contribution is 14.1. The molecule has 3 heteroatoms. The zero-order chi connectivity index (χ0) is 6.20. The third-order valence-electron chi connectivity index (χ3n) is 1.41. The van der Waals surface area contributed by atoms with Gasteiger partial charge >= 0.3 is 0 Å². The van der Waals surface area contributed by atoms with Crippen LogP contribution in [-0.4, -0.2) is 8.76 Å². The average molecular weight is 265 g/mol. The second-order valence-corrected chi connectivity index (χ2v) is 4.76. The second-order valence-electron chi connectivity index (χ2n) is 2.14. The Labute approximate surface area is 73.1 Å². The van der Waals surface area contributed by atoms with Crippen LogP contribution in [0.15, 0.2) is 0 Å². The molecule has 0 heterocycles. The van der Waals surface area contributed by atoms with Crippen molar-refractivity contribution in [3.05, 3.63) is 0 Å². The lowest BCUT2D eigenvalue weighted by Gasteiger charge is -1.92. The normalized spacial score (nSPS) is 32.6. The molecule has 1 atom stereocenters. The van der Waals surface area contributed by atoms with E-state index in [0.29, 0.717) is 5.92 Å². The van der Waals surface area contributed by atoms with Gasteiger partial charge in [-0.25, -0.2) is 0 Å². The van der Waals surface area contributed by atoms with Crippen LogP contribution in [-0.2, 0) is 0 Å². The highest BCUT2D eigenvalue weighted by Crippen LogP contribution is 2.54. The summed E-state index contributed by atoms with van der Waals surface area (Å²) in [5.41, 5.74) is 0. The van der Waals surface area contributed by atoms with Gasteiger partial charge in [-0.1, -0.05) is 22.6 Å². The molecule has 8 heavy (non-hydrogen) atoms. The molecule has 0 bridgehead atoms. The zero-order valence-electron chi connectivity index (χ0n) is 4.33. The molecule has 1 saturated carbocycles. The van der Waals surface area contributed by atoms with Gasteiger partial charge in [0.15, 0.2) is 0 Å². The summed E-state index contributed by atoms with van der Waals surface area (Å²) in [6.45, 7) is 0. The van der Waals surface area contributed by atoms with E-state index < -0.39 is 0 Å². The lowest BCUT2D eigenvalue weighted by Crippen LogP contribution is -1.89. The summed E-state index contributed by atoms with van der Waals surface area (Å²) in [6, 6.07) is 0. The summed E-state index contributed by atoms with van der Waals surface area (Å²) in [4.78, 5) is 0. The van der Waals surface area contributed by atoms with E-state index in [1.54, 1.807) is 0 Å². The van der Waals surface area contributed by atoms with E-state index in [0.717, 1.165) is 6.42 Å². The van der Waals surface area contributed by atoms with Gasteiger partial charge in [-0.2, -0.15) is 0 Å². The third-order valence-corrected chi connectivity index (χ3v) is 2.96. The quantitative estimate of drug-likeness (QED) is 0.531. The highest BCUT2D eigenvalue weighted by atomic mass is 127. The fourth-order valence-corrected chi connectivity index (χ4v) is 2.06. The summed E-state index contributed by atoms with van der Waals surface area (Å²) >= 11 is 13.8. The van der Waals surface area contributed by atoms with Gasteiger partial charge in [0.1, 0.15) is 4.33 Å². The number of halogens is 3. The first-order valence-corrected chi connectivity index (χ1v) is 4.89. The summed E-state index contributed by atoms with van der Waals surface area (Å²) in [5.74, 6) is 0.586. The minimum atomic E-state index is -0.342. The van der Waals surface area contributed by atoms with Crippen molar-refractivity contribution in [2.24, 2.45) is 5.92 Å². The van der Waals surface area contributed by atoms with Crippen LogP contribution < -0.4 is 0 Å². The molecule has 1 fully saturated rings. The molecule has 0 spiro atoms. The van der Waals surface area contributed by atoms with E-state index in [1.165, 1.54) is 10.8 Å². The van der Waals surface area contributed by atoms with Crippen LogP contribution >= 0.6 is 45.8 Å². The van der Waals surface area contributed by atoms with Gasteiger partial charge in [0.05, 0.1) is 0 Å². The fourth-order valence-electron chi connectivity index (χ4n) is 0.715. The summed E-state index contributed by atoms with van der Waals surface area (Å²) in [5, 5.41) is 0. The SMILES string of the molecule is ClC1(Cl)C[C@H]1CCI. The molecule has 1 aliphatic rings. The first-order valence-electron chi connectivity index (χ1n) is 2.60. The molecular formula is C5H7Cl2I. The van der Waals surface area contributed by atoms with Crippen molar-refractivity contribution in [2.75, 3.05) is 4.43 Å². The molecule has 0 amide bonds. The maximum absolute atomic E-state index is 5.75. The molecule has 0 aromatic carbocycles. The molecule has 48 valence electrons. The first-order chi connectivity index (χ1) is 3.67. The number of hydrogen-bond donors (Lipinski definition) is 0. The van der Waals surface area contributed by atoms with Crippen molar-refractivity contribution in [2.45, 2.75) is 17.2 Å². The average Bonchev–Trinajstić information content (AvgIpc) is 2.15. The van der Waals surface area contributed by atoms with Crippen molar-refractivity contribution >= 4 is 45.8 Å².